The number of fused-ring (bicyclic) bond motifs is 1. The van der Waals surface area contributed by atoms with Gasteiger partial charge in [-0.25, -0.2) is 4.98 Å². The second-order valence-corrected chi connectivity index (χ2v) is 4.90. The van der Waals surface area contributed by atoms with Crippen molar-refractivity contribution >= 4 is 22.5 Å². The van der Waals surface area contributed by atoms with Gasteiger partial charge in [0.2, 0.25) is 5.95 Å². The van der Waals surface area contributed by atoms with Crippen LogP contribution in [0.25, 0.3) is 22.0 Å². The van der Waals surface area contributed by atoms with Crippen LogP contribution < -0.4 is 16.2 Å². The Morgan fingerprint density at radius 3 is 2.65 bits per heavy atom. The molecule has 3 rings (SSSR count). The number of anilines is 2. The highest BCUT2D eigenvalue weighted by atomic mass is 16.5. The van der Waals surface area contributed by atoms with E-state index in [1.807, 2.05) is 43.3 Å². The number of nitrogen functional groups attached to an aromatic ring is 2. The monoisotopic (exact) mass is 305 g/mol. The first-order valence-electron chi connectivity index (χ1n) is 7.13. The van der Waals surface area contributed by atoms with E-state index < -0.39 is 0 Å². The van der Waals surface area contributed by atoms with E-state index in [0.717, 1.165) is 10.8 Å². The van der Waals surface area contributed by atoms with E-state index in [2.05, 4.69) is 16.0 Å². The van der Waals surface area contributed by atoms with Gasteiger partial charge in [-0.05, 0) is 23.8 Å². The van der Waals surface area contributed by atoms with Gasteiger partial charge in [0, 0.05) is 0 Å². The van der Waals surface area contributed by atoms with Crippen LogP contribution >= 0.6 is 0 Å². The maximum Gasteiger partial charge on any atom is 0.222 e. The maximum absolute atomic E-state index is 9.45. The molecule has 0 aliphatic carbocycles. The number of rotatable bonds is 3. The first-order chi connectivity index (χ1) is 11.2. The van der Waals surface area contributed by atoms with Crippen molar-refractivity contribution in [1.82, 2.24) is 9.97 Å². The Kier molecular flexibility index (Phi) is 3.69. The van der Waals surface area contributed by atoms with E-state index >= 15 is 0 Å². The molecule has 0 fully saturated rings. The van der Waals surface area contributed by atoms with Crippen molar-refractivity contribution in [2.45, 2.75) is 6.92 Å². The quantitative estimate of drug-likeness (QED) is 0.769. The van der Waals surface area contributed by atoms with Crippen molar-refractivity contribution in [1.29, 1.82) is 5.26 Å². The Hall–Kier alpha value is -3.33. The summed E-state index contributed by atoms with van der Waals surface area (Å²) in [5, 5.41) is 11.4. The van der Waals surface area contributed by atoms with Gasteiger partial charge in [-0.1, -0.05) is 30.3 Å². The molecule has 23 heavy (non-hydrogen) atoms. The van der Waals surface area contributed by atoms with E-state index in [1.54, 1.807) is 0 Å². The van der Waals surface area contributed by atoms with Crippen molar-refractivity contribution in [3.8, 4) is 23.1 Å². The molecule has 0 bridgehead atoms. The molecule has 0 aliphatic rings. The SMILES string of the molecule is CCOc1ccc2ccccc2c1-c1nc(N)nc(N)c1C#N. The molecule has 6 heteroatoms. The fourth-order valence-electron chi connectivity index (χ4n) is 2.56. The van der Waals surface area contributed by atoms with E-state index in [0.29, 0.717) is 23.6 Å². The van der Waals surface area contributed by atoms with E-state index in [4.69, 9.17) is 16.2 Å². The summed E-state index contributed by atoms with van der Waals surface area (Å²) in [4.78, 5) is 8.12. The number of hydrogen-bond acceptors (Lipinski definition) is 6. The number of nitrogens with two attached hydrogens (primary N) is 2. The highest BCUT2D eigenvalue weighted by molar-refractivity contribution is 6.00. The Morgan fingerprint density at radius 1 is 1.13 bits per heavy atom. The standard InChI is InChI=1S/C17H15N5O/c1-2-23-13-8-7-10-5-3-4-6-11(10)14(13)15-12(9-18)16(19)22-17(20)21-15/h3-8H,2H2,1H3,(H4,19,20,21,22). The van der Waals surface area contributed by atoms with E-state index in [-0.39, 0.29) is 17.3 Å². The number of nitriles is 1. The average molecular weight is 305 g/mol. The zero-order valence-corrected chi connectivity index (χ0v) is 12.6. The van der Waals surface area contributed by atoms with Crippen LogP contribution in [0.1, 0.15) is 12.5 Å². The van der Waals surface area contributed by atoms with Crippen molar-refractivity contribution in [3.63, 3.8) is 0 Å². The summed E-state index contributed by atoms with van der Waals surface area (Å²) in [7, 11) is 0. The third-order valence-corrected chi connectivity index (χ3v) is 3.49. The van der Waals surface area contributed by atoms with Crippen molar-refractivity contribution in [2.75, 3.05) is 18.1 Å². The predicted octanol–water partition coefficient (Wildman–Crippen LogP) is 2.73. The molecule has 0 atom stereocenters. The molecule has 4 N–H and O–H groups in total. The highest BCUT2D eigenvalue weighted by Crippen LogP contribution is 2.38. The van der Waals surface area contributed by atoms with Gasteiger partial charge in [0.25, 0.3) is 0 Å². The molecular weight excluding hydrogens is 290 g/mol. The molecule has 6 nitrogen and oxygen atoms in total. The number of hydrogen-bond donors (Lipinski definition) is 2. The molecule has 0 unspecified atom stereocenters. The molecule has 0 radical (unpaired) electrons. The molecule has 0 saturated carbocycles. The van der Waals surface area contributed by atoms with Gasteiger partial charge in [0.05, 0.1) is 12.2 Å². The summed E-state index contributed by atoms with van der Waals surface area (Å²) in [5.74, 6) is 0.706. The molecular formula is C17H15N5O. The van der Waals surface area contributed by atoms with Crippen LogP contribution in [0.15, 0.2) is 36.4 Å². The topological polar surface area (TPSA) is 111 Å². The molecule has 1 heterocycles. The third kappa shape index (κ3) is 2.49. The lowest BCUT2D eigenvalue weighted by molar-refractivity contribution is 0.342. The van der Waals surface area contributed by atoms with E-state index in [1.165, 1.54) is 0 Å². The lowest BCUT2D eigenvalue weighted by Crippen LogP contribution is -2.06. The van der Waals surface area contributed by atoms with Gasteiger partial charge in [-0.2, -0.15) is 10.2 Å². The molecule has 0 spiro atoms. The second kappa shape index (κ2) is 5.81. The van der Waals surface area contributed by atoms with Crippen molar-refractivity contribution < 1.29 is 4.74 Å². The maximum atomic E-state index is 9.45. The number of aromatic nitrogens is 2. The summed E-state index contributed by atoms with van der Waals surface area (Å²) >= 11 is 0. The molecule has 2 aromatic carbocycles. The van der Waals surface area contributed by atoms with Crippen molar-refractivity contribution in [3.05, 3.63) is 42.0 Å². The van der Waals surface area contributed by atoms with Crippen LogP contribution in [-0.4, -0.2) is 16.6 Å². The van der Waals surface area contributed by atoms with Gasteiger partial charge in [-0.15, -0.1) is 0 Å². The van der Waals surface area contributed by atoms with Crippen LogP contribution in [-0.2, 0) is 0 Å². The Morgan fingerprint density at radius 2 is 1.91 bits per heavy atom. The smallest absolute Gasteiger partial charge is 0.222 e. The fourth-order valence-corrected chi connectivity index (χ4v) is 2.56. The van der Waals surface area contributed by atoms with Gasteiger partial charge < -0.3 is 16.2 Å². The van der Waals surface area contributed by atoms with Crippen LogP contribution in [0.4, 0.5) is 11.8 Å². The number of ether oxygens (including phenoxy) is 1. The molecule has 3 aromatic rings. The summed E-state index contributed by atoms with van der Waals surface area (Å²) < 4.78 is 5.73. The van der Waals surface area contributed by atoms with Crippen LogP contribution in [0.3, 0.4) is 0 Å². The van der Waals surface area contributed by atoms with Crippen molar-refractivity contribution in [2.24, 2.45) is 0 Å². The van der Waals surface area contributed by atoms with Crippen LogP contribution in [0, 0.1) is 11.3 Å². The summed E-state index contributed by atoms with van der Waals surface area (Å²) in [6.07, 6.45) is 0. The highest BCUT2D eigenvalue weighted by Gasteiger charge is 2.19. The summed E-state index contributed by atoms with van der Waals surface area (Å²) in [6, 6.07) is 13.7. The van der Waals surface area contributed by atoms with E-state index in [9.17, 15) is 5.26 Å². The zero-order chi connectivity index (χ0) is 16.4. The molecule has 1 aromatic heterocycles. The fraction of sp³-hybridized carbons (Fsp3) is 0.118. The third-order valence-electron chi connectivity index (χ3n) is 3.49. The lowest BCUT2D eigenvalue weighted by atomic mass is 9.98. The minimum Gasteiger partial charge on any atom is -0.493 e. The van der Waals surface area contributed by atoms with Gasteiger partial charge in [0.1, 0.15) is 28.9 Å². The molecule has 0 saturated heterocycles. The van der Waals surface area contributed by atoms with Crippen LogP contribution in [0.2, 0.25) is 0 Å². The molecule has 0 amide bonds. The number of benzene rings is 2. The average Bonchev–Trinajstić information content (AvgIpc) is 2.54. The Labute approximate surface area is 133 Å². The zero-order valence-electron chi connectivity index (χ0n) is 12.6. The second-order valence-electron chi connectivity index (χ2n) is 4.90. The largest absolute Gasteiger partial charge is 0.493 e. The van der Waals surface area contributed by atoms with Gasteiger partial charge >= 0.3 is 0 Å². The summed E-state index contributed by atoms with van der Waals surface area (Å²) in [5.41, 5.74) is 12.9. The van der Waals surface area contributed by atoms with Gasteiger partial charge in [-0.3, -0.25) is 0 Å². The number of nitrogens with zero attached hydrogens (tertiary/aromatic N) is 3. The van der Waals surface area contributed by atoms with Crippen LogP contribution in [0.5, 0.6) is 5.75 Å². The lowest BCUT2D eigenvalue weighted by Gasteiger charge is -2.14. The Bertz CT molecular complexity index is 930. The predicted molar refractivity (Wildman–Crippen MR) is 89.7 cm³/mol. The first-order valence-corrected chi connectivity index (χ1v) is 7.13. The minimum absolute atomic E-state index is 0.0203. The first kappa shape index (κ1) is 14.6. The van der Waals surface area contributed by atoms with Gasteiger partial charge in [0.15, 0.2) is 0 Å². The Balaban J connectivity index is 2.44. The normalized spacial score (nSPS) is 10.4. The summed E-state index contributed by atoms with van der Waals surface area (Å²) in [6.45, 7) is 2.39. The molecule has 114 valence electrons. The molecule has 0 aliphatic heterocycles. The minimum atomic E-state index is 0.0203.